The van der Waals surface area contributed by atoms with Gasteiger partial charge in [0.15, 0.2) is 0 Å². The molecule has 0 fully saturated rings. The molecular formula is C14H15ClFN3O. The molecule has 0 bridgehead atoms. The summed E-state index contributed by atoms with van der Waals surface area (Å²) in [5.74, 6) is -0.332. The van der Waals surface area contributed by atoms with Gasteiger partial charge in [0.25, 0.3) is 5.91 Å². The van der Waals surface area contributed by atoms with E-state index in [1.54, 1.807) is 18.2 Å². The molecule has 6 heteroatoms. The molecule has 0 aliphatic rings. The zero-order valence-corrected chi connectivity index (χ0v) is 11.6. The maximum Gasteiger partial charge on any atom is 0.263 e. The molecule has 0 aliphatic carbocycles. The molecule has 4 nitrogen and oxygen atoms in total. The smallest absolute Gasteiger partial charge is 0.263 e. The van der Waals surface area contributed by atoms with Gasteiger partial charge in [0.1, 0.15) is 17.5 Å². The van der Waals surface area contributed by atoms with Crippen molar-refractivity contribution in [1.29, 1.82) is 5.26 Å². The molecule has 0 saturated heterocycles. The third-order valence-electron chi connectivity index (χ3n) is 2.40. The van der Waals surface area contributed by atoms with Crippen molar-refractivity contribution in [2.75, 3.05) is 12.4 Å². The maximum atomic E-state index is 12.9. The molecule has 1 rings (SSSR count). The highest BCUT2D eigenvalue weighted by Gasteiger charge is 2.07. The Bertz CT molecular complexity index is 525. The highest BCUT2D eigenvalue weighted by atomic mass is 35.5. The average Bonchev–Trinajstić information content (AvgIpc) is 2.44. The number of carbonyl (C=O) groups excluding carboxylic acids is 1. The van der Waals surface area contributed by atoms with E-state index in [2.05, 4.69) is 10.6 Å². The van der Waals surface area contributed by atoms with Crippen molar-refractivity contribution in [2.24, 2.45) is 0 Å². The fourth-order valence-electron chi connectivity index (χ4n) is 1.43. The second kappa shape index (κ2) is 8.94. The third kappa shape index (κ3) is 5.72. The number of benzene rings is 1. The Hall–Kier alpha value is -2.06. The Kier molecular flexibility index (Phi) is 7.15. The number of halogens is 2. The number of nitrogens with zero attached hydrogens (tertiary/aromatic N) is 1. The van der Waals surface area contributed by atoms with Crippen LogP contribution in [0, 0.1) is 17.1 Å². The highest BCUT2D eigenvalue weighted by molar-refractivity contribution is 6.17. The van der Waals surface area contributed by atoms with Gasteiger partial charge in [0.2, 0.25) is 0 Å². The van der Waals surface area contributed by atoms with Crippen LogP contribution in [0.15, 0.2) is 36.0 Å². The summed E-state index contributed by atoms with van der Waals surface area (Å²) in [5, 5.41) is 14.3. The molecule has 0 aliphatic heterocycles. The first-order chi connectivity index (χ1) is 9.67. The summed E-state index contributed by atoms with van der Waals surface area (Å²) in [7, 11) is 0. The number of amides is 1. The number of rotatable bonds is 7. The van der Waals surface area contributed by atoms with Crippen molar-refractivity contribution in [3.05, 3.63) is 47.4 Å². The average molecular weight is 296 g/mol. The lowest BCUT2D eigenvalue weighted by Crippen LogP contribution is -2.26. The molecule has 0 spiro atoms. The predicted octanol–water partition coefficient (Wildman–Crippen LogP) is 2.07. The number of hydrogen-bond acceptors (Lipinski definition) is 3. The van der Waals surface area contributed by atoms with Crippen molar-refractivity contribution >= 4 is 17.5 Å². The molecule has 106 valence electrons. The largest absolute Gasteiger partial charge is 0.386 e. The fraction of sp³-hybridized carbons (Fsp3) is 0.286. The number of nitrogens with one attached hydrogen (secondary N) is 2. The van der Waals surface area contributed by atoms with E-state index in [-0.39, 0.29) is 11.4 Å². The van der Waals surface area contributed by atoms with Gasteiger partial charge in [-0.3, -0.25) is 4.79 Å². The number of carbonyl (C=O) groups is 1. The molecule has 0 saturated carbocycles. The molecule has 0 radical (unpaired) electrons. The molecule has 20 heavy (non-hydrogen) atoms. The lowest BCUT2D eigenvalue weighted by atomic mass is 10.2. The van der Waals surface area contributed by atoms with Crippen molar-refractivity contribution in [1.82, 2.24) is 10.6 Å². The van der Waals surface area contributed by atoms with Gasteiger partial charge in [0, 0.05) is 25.2 Å². The van der Waals surface area contributed by atoms with Crippen molar-refractivity contribution in [2.45, 2.75) is 13.0 Å². The molecule has 1 amide bonds. The van der Waals surface area contributed by atoms with Crippen LogP contribution in [-0.4, -0.2) is 18.3 Å². The summed E-state index contributed by atoms with van der Waals surface area (Å²) in [4.78, 5) is 11.6. The van der Waals surface area contributed by atoms with E-state index in [9.17, 15) is 9.18 Å². The minimum atomic E-state index is -0.454. The van der Waals surface area contributed by atoms with Crippen LogP contribution < -0.4 is 10.6 Å². The Labute approximate surface area is 122 Å². The van der Waals surface area contributed by atoms with Crippen LogP contribution in [0.5, 0.6) is 0 Å². The summed E-state index contributed by atoms with van der Waals surface area (Å²) >= 11 is 5.49. The topological polar surface area (TPSA) is 64.9 Å². The molecule has 0 heterocycles. The standard InChI is InChI=1S/C14H15ClFN3O/c15-5-2-6-19-14(20)12(8-17)10-18-9-11-3-1-4-13(16)7-11/h1,3-4,7,10,18H,2,5-6,9H2,(H,19,20)/b12-10-. The molecule has 0 atom stereocenters. The van der Waals surface area contributed by atoms with Gasteiger partial charge in [-0.1, -0.05) is 12.1 Å². The second-order valence-corrected chi connectivity index (χ2v) is 4.36. The second-order valence-electron chi connectivity index (χ2n) is 3.98. The van der Waals surface area contributed by atoms with Crippen LogP contribution in [0.4, 0.5) is 4.39 Å². The number of hydrogen-bond donors (Lipinski definition) is 2. The minimum absolute atomic E-state index is 0.0315. The van der Waals surface area contributed by atoms with Crippen molar-refractivity contribution in [3.63, 3.8) is 0 Å². The molecular weight excluding hydrogens is 281 g/mol. The lowest BCUT2D eigenvalue weighted by Gasteiger charge is -2.04. The minimum Gasteiger partial charge on any atom is -0.386 e. The van der Waals surface area contributed by atoms with E-state index in [0.29, 0.717) is 25.4 Å². The summed E-state index contributed by atoms with van der Waals surface area (Å²) in [5.41, 5.74) is 0.692. The Morgan fingerprint density at radius 1 is 1.50 bits per heavy atom. The molecule has 0 unspecified atom stereocenters. The van der Waals surface area contributed by atoms with E-state index >= 15 is 0 Å². The highest BCUT2D eigenvalue weighted by Crippen LogP contribution is 2.03. The monoisotopic (exact) mass is 295 g/mol. The van der Waals surface area contributed by atoms with Gasteiger partial charge >= 0.3 is 0 Å². The Morgan fingerprint density at radius 2 is 2.30 bits per heavy atom. The van der Waals surface area contributed by atoms with Gasteiger partial charge in [-0.05, 0) is 24.1 Å². The molecule has 1 aromatic carbocycles. The van der Waals surface area contributed by atoms with E-state index < -0.39 is 5.91 Å². The third-order valence-corrected chi connectivity index (χ3v) is 2.67. The first-order valence-corrected chi connectivity index (χ1v) is 6.63. The Balaban J connectivity index is 2.49. The number of alkyl halides is 1. The number of nitriles is 1. The van der Waals surface area contributed by atoms with Crippen LogP contribution in [0.3, 0.4) is 0 Å². The summed E-state index contributed by atoms with van der Waals surface area (Å²) in [6.07, 6.45) is 1.96. The van der Waals surface area contributed by atoms with E-state index in [1.807, 2.05) is 0 Å². The quantitative estimate of drug-likeness (QED) is 0.350. The van der Waals surface area contributed by atoms with Crippen LogP contribution >= 0.6 is 11.6 Å². The van der Waals surface area contributed by atoms with Gasteiger partial charge < -0.3 is 10.6 Å². The van der Waals surface area contributed by atoms with Crippen LogP contribution in [0.25, 0.3) is 0 Å². The van der Waals surface area contributed by atoms with Gasteiger partial charge in [-0.2, -0.15) is 5.26 Å². The van der Waals surface area contributed by atoms with Gasteiger partial charge in [-0.15, -0.1) is 11.6 Å². The molecule has 1 aromatic rings. The van der Waals surface area contributed by atoms with Crippen LogP contribution in [-0.2, 0) is 11.3 Å². The van der Waals surface area contributed by atoms with E-state index in [0.717, 1.165) is 5.56 Å². The van der Waals surface area contributed by atoms with Gasteiger partial charge in [0.05, 0.1) is 0 Å². The SMILES string of the molecule is N#C/C(=C/NCc1cccc(F)c1)C(=O)NCCCCl. The van der Waals surface area contributed by atoms with Crippen molar-refractivity contribution in [3.8, 4) is 6.07 Å². The fourth-order valence-corrected chi connectivity index (χ4v) is 1.56. The summed E-state index contributed by atoms with van der Waals surface area (Å²) in [6, 6.07) is 7.88. The molecule has 0 aromatic heterocycles. The van der Waals surface area contributed by atoms with Crippen molar-refractivity contribution < 1.29 is 9.18 Å². The normalized spacial score (nSPS) is 10.8. The van der Waals surface area contributed by atoms with E-state index in [4.69, 9.17) is 16.9 Å². The predicted molar refractivity (Wildman–Crippen MR) is 75.3 cm³/mol. The zero-order chi connectivity index (χ0) is 14.8. The van der Waals surface area contributed by atoms with Crippen LogP contribution in [0.2, 0.25) is 0 Å². The lowest BCUT2D eigenvalue weighted by molar-refractivity contribution is -0.117. The summed E-state index contributed by atoms with van der Waals surface area (Å²) < 4.78 is 12.9. The van der Waals surface area contributed by atoms with Gasteiger partial charge in [-0.25, -0.2) is 4.39 Å². The first kappa shape index (κ1) is 16.0. The first-order valence-electron chi connectivity index (χ1n) is 6.09. The van der Waals surface area contributed by atoms with Crippen LogP contribution in [0.1, 0.15) is 12.0 Å². The zero-order valence-electron chi connectivity index (χ0n) is 10.8. The summed E-state index contributed by atoms with van der Waals surface area (Å²) in [6.45, 7) is 0.753. The van der Waals surface area contributed by atoms with E-state index in [1.165, 1.54) is 18.3 Å². The maximum absolute atomic E-state index is 12.9. The Morgan fingerprint density at radius 3 is 2.95 bits per heavy atom. The molecule has 2 N–H and O–H groups in total.